The van der Waals surface area contributed by atoms with Crippen molar-refractivity contribution in [3.63, 3.8) is 0 Å². The zero-order valence-electron chi connectivity index (χ0n) is 12.5. The van der Waals surface area contributed by atoms with Crippen LogP contribution < -0.4 is 5.32 Å². The maximum Gasteiger partial charge on any atom is 0.117 e. The number of hydrogen-bond acceptors (Lipinski definition) is 5. The van der Waals surface area contributed by atoms with Crippen molar-refractivity contribution in [1.82, 2.24) is 15.3 Å². The third-order valence-electron chi connectivity index (χ3n) is 3.61. The van der Waals surface area contributed by atoms with Gasteiger partial charge in [0.2, 0.25) is 0 Å². The van der Waals surface area contributed by atoms with Gasteiger partial charge in [-0.15, -0.1) is 11.8 Å². The predicted octanol–water partition coefficient (Wildman–Crippen LogP) is 3.39. The topological polar surface area (TPSA) is 61.6 Å². The van der Waals surface area contributed by atoms with Gasteiger partial charge in [-0.3, -0.25) is 0 Å². The Bertz CT molecular complexity index is 632. The summed E-state index contributed by atoms with van der Waals surface area (Å²) in [6.07, 6.45) is 4.59. The van der Waals surface area contributed by atoms with E-state index in [1.165, 1.54) is 0 Å². The summed E-state index contributed by atoms with van der Waals surface area (Å²) in [5, 5.41) is 14.3. The summed E-state index contributed by atoms with van der Waals surface area (Å²) < 4.78 is 0. The van der Waals surface area contributed by atoms with E-state index in [1.54, 1.807) is 18.1 Å². The highest BCUT2D eigenvalue weighted by Crippen LogP contribution is 2.25. The summed E-state index contributed by atoms with van der Waals surface area (Å²) in [5.74, 6) is 1.01. The molecule has 0 fully saturated rings. The Kier molecular flexibility index (Phi) is 5.54. The molecule has 21 heavy (non-hydrogen) atoms. The number of hydrogen-bond donors (Lipinski definition) is 1. The number of thioether (sulfide) groups is 1. The molecule has 0 aliphatic carbocycles. The molecular weight excluding hydrogens is 280 g/mol. The van der Waals surface area contributed by atoms with Crippen LogP contribution >= 0.6 is 11.8 Å². The minimum atomic E-state index is -0.410. The highest BCUT2D eigenvalue weighted by molar-refractivity contribution is 7.99. The van der Waals surface area contributed by atoms with Gasteiger partial charge >= 0.3 is 0 Å². The van der Waals surface area contributed by atoms with Crippen molar-refractivity contribution in [1.29, 1.82) is 5.26 Å². The molecule has 0 saturated carbocycles. The first-order chi connectivity index (χ1) is 10.2. The molecule has 2 aromatic rings. The molecule has 0 aliphatic rings. The van der Waals surface area contributed by atoms with Gasteiger partial charge in [0.1, 0.15) is 16.9 Å². The zero-order valence-corrected chi connectivity index (χ0v) is 13.3. The van der Waals surface area contributed by atoms with Crippen LogP contribution in [-0.2, 0) is 0 Å². The van der Waals surface area contributed by atoms with Gasteiger partial charge in [-0.05, 0) is 45.1 Å². The molecule has 1 heterocycles. The number of fused-ring (bicyclic) bond motifs is 1. The van der Waals surface area contributed by atoms with E-state index in [0.29, 0.717) is 0 Å². The Morgan fingerprint density at radius 3 is 2.86 bits per heavy atom. The fourth-order valence-corrected chi connectivity index (χ4v) is 3.07. The quantitative estimate of drug-likeness (QED) is 0.482. The van der Waals surface area contributed by atoms with Crippen LogP contribution in [0, 0.1) is 11.3 Å². The van der Waals surface area contributed by atoms with Crippen LogP contribution in [0.25, 0.3) is 10.9 Å². The lowest BCUT2D eigenvalue weighted by Crippen LogP contribution is -2.37. The third kappa shape index (κ3) is 4.16. The summed E-state index contributed by atoms with van der Waals surface area (Å²) in [6, 6.07) is 10.4. The molecule has 0 radical (unpaired) electrons. The van der Waals surface area contributed by atoms with E-state index in [2.05, 4.69) is 27.4 Å². The third-order valence-corrected chi connectivity index (χ3v) is 4.71. The van der Waals surface area contributed by atoms with Crippen LogP contribution in [0.1, 0.15) is 26.2 Å². The Morgan fingerprint density at radius 1 is 1.29 bits per heavy atom. The summed E-state index contributed by atoms with van der Waals surface area (Å²) >= 11 is 1.76. The van der Waals surface area contributed by atoms with Crippen molar-refractivity contribution in [2.75, 3.05) is 12.8 Å². The van der Waals surface area contributed by atoms with Crippen LogP contribution in [0.3, 0.4) is 0 Å². The Labute approximate surface area is 130 Å². The molecule has 0 saturated heterocycles. The first kappa shape index (κ1) is 15.7. The molecule has 2 rings (SSSR count). The molecule has 5 heteroatoms. The molecule has 1 aromatic carbocycles. The molecule has 1 N–H and O–H groups in total. The van der Waals surface area contributed by atoms with Crippen molar-refractivity contribution in [3.8, 4) is 6.07 Å². The number of nitrogens with one attached hydrogen (secondary N) is 1. The number of aromatic nitrogens is 2. The van der Waals surface area contributed by atoms with Gasteiger partial charge in [0.15, 0.2) is 0 Å². The van der Waals surface area contributed by atoms with E-state index >= 15 is 0 Å². The van der Waals surface area contributed by atoms with Gasteiger partial charge in [0.05, 0.1) is 11.6 Å². The molecule has 1 aromatic heterocycles. The molecule has 0 bridgehead atoms. The number of rotatable bonds is 7. The van der Waals surface area contributed by atoms with E-state index in [0.717, 1.165) is 40.9 Å². The molecule has 110 valence electrons. The van der Waals surface area contributed by atoms with Gasteiger partial charge in [-0.1, -0.05) is 18.2 Å². The standard InChI is InChI=1S/C16H20N4S/c1-16(11-17,18-2)9-5-6-10-21-15-13-7-3-4-8-14(13)19-12-20-15/h3-4,7-8,12,18H,5-6,9-10H2,1-2H3. The van der Waals surface area contributed by atoms with Crippen molar-refractivity contribution in [2.24, 2.45) is 0 Å². The van der Waals surface area contributed by atoms with Crippen LogP contribution in [0.2, 0.25) is 0 Å². The van der Waals surface area contributed by atoms with E-state index in [4.69, 9.17) is 5.26 Å². The van der Waals surface area contributed by atoms with Gasteiger partial charge < -0.3 is 5.32 Å². The van der Waals surface area contributed by atoms with Gasteiger partial charge in [-0.2, -0.15) is 5.26 Å². The predicted molar refractivity (Wildman–Crippen MR) is 87.2 cm³/mol. The fraction of sp³-hybridized carbons (Fsp3) is 0.438. The average Bonchev–Trinajstić information content (AvgIpc) is 2.54. The maximum atomic E-state index is 9.10. The van der Waals surface area contributed by atoms with E-state index in [9.17, 15) is 0 Å². The van der Waals surface area contributed by atoms with Crippen molar-refractivity contribution in [2.45, 2.75) is 36.8 Å². The number of nitrogens with zero attached hydrogens (tertiary/aromatic N) is 3. The number of para-hydroxylation sites is 1. The first-order valence-electron chi connectivity index (χ1n) is 7.11. The second kappa shape index (κ2) is 7.39. The normalized spacial score (nSPS) is 13.8. The van der Waals surface area contributed by atoms with Gasteiger partial charge in [-0.25, -0.2) is 9.97 Å². The Morgan fingerprint density at radius 2 is 2.10 bits per heavy atom. The van der Waals surface area contributed by atoms with Crippen LogP contribution in [0.15, 0.2) is 35.6 Å². The first-order valence-corrected chi connectivity index (χ1v) is 8.10. The Balaban J connectivity index is 1.85. The number of unbranched alkanes of at least 4 members (excludes halogenated alkanes) is 1. The zero-order chi connectivity index (χ0) is 15.1. The van der Waals surface area contributed by atoms with Crippen LogP contribution in [-0.4, -0.2) is 28.3 Å². The van der Waals surface area contributed by atoms with Crippen molar-refractivity contribution >= 4 is 22.7 Å². The van der Waals surface area contributed by atoms with Crippen LogP contribution in [0.5, 0.6) is 0 Å². The summed E-state index contributed by atoms with van der Waals surface area (Å²) in [5.41, 5.74) is 0.578. The highest BCUT2D eigenvalue weighted by Gasteiger charge is 2.19. The summed E-state index contributed by atoms with van der Waals surface area (Å²) in [4.78, 5) is 8.64. The van der Waals surface area contributed by atoms with Crippen molar-refractivity contribution < 1.29 is 0 Å². The Hall–Kier alpha value is -1.64. The SMILES string of the molecule is CNC(C)(C#N)CCCCSc1ncnc2ccccc12. The molecule has 0 spiro atoms. The minimum absolute atomic E-state index is 0.410. The molecule has 1 atom stereocenters. The molecular formula is C16H20N4S. The van der Waals surface area contributed by atoms with Gasteiger partial charge in [0.25, 0.3) is 0 Å². The lowest BCUT2D eigenvalue weighted by molar-refractivity contribution is 0.439. The largest absolute Gasteiger partial charge is 0.303 e. The number of benzene rings is 1. The lowest BCUT2D eigenvalue weighted by atomic mass is 9.97. The van der Waals surface area contributed by atoms with Crippen LogP contribution in [0.4, 0.5) is 0 Å². The highest BCUT2D eigenvalue weighted by atomic mass is 32.2. The summed E-state index contributed by atoms with van der Waals surface area (Å²) in [6.45, 7) is 1.94. The van der Waals surface area contributed by atoms with E-state index in [-0.39, 0.29) is 0 Å². The molecule has 4 nitrogen and oxygen atoms in total. The smallest absolute Gasteiger partial charge is 0.117 e. The second-order valence-corrected chi connectivity index (χ2v) is 6.28. The van der Waals surface area contributed by atoms with Gasteiger partial charge in [0, 0.05) is 5.39 Å². The number of nitriles is 1. The fourth-order valence-electron chi connectivity index (χ4n) is 2.08. The molecule has 1 unspecified atom stereocenters. The van der Waals surface area contributed by atoms with E-state index in [1.807, 2.05) is 32.2 Å². The monoisotopic (exact) mass is 300 g/mol. The second-order valence-electron chi connectivity index (χ2n) is 5.20. The molecule has 0 amide bonds. The average molecular weight is 300 g/mol. The van der Waals surface area contributed by atoms with Crippen molar-refractivity contribution in [3.05, 3.63) is 30.6 Å². The van der Waals surface area contributed by atoms with E-state index < -0.39 is 5.54 Å². The lowest BCUT2D eigenvalue weighted by Gasteiger charge is -2.20. The summed E-state index contributed by atoms with van der Waals surface area (Å²) in [7, 11) is 1.84. The maximum absolute atomic E-state index is 9.10. The molecule has 0 aliphatic heterocycles. The minimum Gasteiger partial charge on any atom is -0.303 e.